The van der Waals surface area contributed by atoms with Gasteiger partial charge >= 0.3 is 0 Å². The van der Waals surface area contributed by atoms with Gasteiger partial charge in [-0.15, -0.1) is 0 Å². The third-order valence-corrected chi connectivity index (χ3v) is 2.31. The van der Waals surface area contributed by atoms with Gasteiger partial charge < -0.3 is 4.74 Å². The van der Waals surface area contributed by atoms with Crippen molar-refractivity contribution >= 4 is 5.78 Å². The predicted octanol–water partition coefficient (Wildman–Crippen LogP) is 2.33. The Balaban J connectivity index is 3.42. The first-order valence-corrected chi connectivity index (χ1v) is 4.76. The molecule has 1 rings (SSSR count). The lowest BCUT2D eigenvalue weighted by atomic mass is 10.00. The third-order valence-electron chi connectivity index (χ3n) is 2.31. The fraction of sp³-hybridized carbons (Fsp3) is 0.333. The Hall–Kier alpha value is -1.82. The Bertz CT molecular complexity index is 430. The third kappa shape index (κ3) is 2.16. The lowest BCUT2D eigenvalue weighted by molar-refractivity contribution is 0.101. The predicted molar refractivity (Wildman–Crippen MR) is 57.1 cm³/mol. The number of hydrogen-bond donors (Lipinski definition) is 0. The topological polar surface area (TPSA) is 50.1 Å². The number of carbonyl (C=O) groups is 1. The van der Waals surface area contributed by atoms with Crippen LogP contribution in [0.1, 0.15) is 35.3 Å². The van der Waals surface area contributed by atoms with E-state index in [2.05, 4.69) is 6.07 Å². The Labute approximate surface area is 89.3 Å². The van der Waals surface area contributed by atoms with Gasteiger partial charge in [-0.3, -0.25) is 4.79 Å². The highest BCUT2D eigenvalue weighted by Crippen LogP contribution is 2.24. The number of nitriles is 1. The highest BCUT2D eigenvalue weighted by atomic mass is 16.5. The van der Waals surface area contributed by atoms with E-state index in [0.717, 1.165) is 12.0 Å². The zero-order valence-electron chi connectivity index (χ0n) is 9.13. The number of aryl methyl sites for hydroxylation is 1. The first-order chi connectivity index (χ1) is 7.13. The number of ether oxygens (including phenoxy) is 1. The summed E-state index contributed by atoms with van der Waals surface area (Å²) in [5, 5.41) is 8.92. The molecule has 0 amide bonds. The van der Waals surface area contributed by atoms with Gasteiger partial charge in [0.2, 0.25) is 0 Å². The average Bonchev–Trinajstić information content (AvgIpc) is 2.26. The van der Waals surface area contributed by atoms with Crippen LogP contribution in [0.4, 0.5) is 0 Å². The summed E-state index contributed by atoms with van der Waals surface area (Å²) in [5.41, 5.74) is 1.91. The van der Waals surface area contributed by atoms with E-state index in [9.17, 15) is 4.79 Å². The summed E-state index contributed by atoms with van der Waals surface area (Å²) in [6.45, 7) is 3.42. The summed E-state index contributed by atoms with van der Waals surface area (Å²) in [4.78, 5) is 11.3. The van der Waals surface area contributed by atoms with Crippen LogP contribution in [0.3, 0.4) is 0 Å². The smallest absolute Gasteiger partial charge is 0.163 e. The minimum absolute atomic E-state index is 0.0917. The van der Waals surface area contributed by atoms with Crippen molar-refractivity contribution in [1.29, 1.82) is 5.26 Å². The molecule has 0 saturated carbocycles. The Morgan fingerprint density at radius 3 is 2.60 bits per heavy atom. The van der Waals surface area contributed by atoms with Crippen molar-refractivity contribution in [2.75, 3.05) is 7.11 Å². The molecule has 15 heavy (non-hydrogen) atoms. The standard InChI is InChI=1S/C12H13NO2/c1-4-9-6-12(15-3)11(8(2)14)5-10(9)7-13/h5-6H,4H2,1-3H3. The molecule has 3 nitrogen and oxygen atoms in total. The number of carbonyl (C=O) groups excluding carboxylic acids is 1. The fourth-order valence-electron chi connectivity index (χ4n) is 1.46. The van der Waals surface area contributed by atoms with Crippen LogP contribution < -0.4 is 4.74 Å². The number of benzene rings is 1. The molecule has 0 aliphatic heterocycles. The van der Waals surface area contributed by atoms with Crippen molar-refractivity contribution in [3.63, 3.8) is 0 Å². The number of hydrogen-bond acceptors (Lipinski definition) is 3. The van der Waals surface area contributed by atoms with Crippen LogP contribution in [-0.2, 0) is 6.42 Å². The lowest BCUT2D eigenvalue weighted by Gasteiger charge is -2.09. The minimum atomic E-state index is -0.0917. The van der Waals surface area contributed by atoms with E-state index >= 15 is 0 Å². The maximum Gasteiger partial charge on any atom is 0.163 e. The molecule has 1 aromatic carbocycles. The maximum absolute atomic E-state index is 11.3. The number of nitrogens with zero attached hydrogens (tertiary/aromatic N) is 1. The molecule has 0 aromatic heterocycles. The number of methoxy groups -OCH3 is 1. The van der Waals surface area contributed by atoms with Crippen molar-refractivity contribution < 1.29 is 9.53 Å². The second-order valence-electron chi connectivity index (χ2n) is 3.23. The largest absolute Gasteiger partial charge is 0.496 e. The molecule has 0 unspecified atom stereocenters. The number of Topliss-reactive ketones (excluding diaryl/α,β-unsaturated/α-hetero) is 1. The van der Waals surface area contributed by atoms with Gasteiger partial charge in [0.15, 0.2) is 5.78 Å². The van der Waals surface area contributed by atoms with E-state index in [-0.39, 0.29) is 5.78 Å². The molecule has 0 aliphatic rings. The van der Waals surface area contributed by atoms with Crippen LogP contribution in [0.25, 0.3) is 0 Å². The molecule has 1 aromatic rings. The Kier molecular flexibility index (Phi) is 3.46. The quantitative estimate of drug-likeness (QED) is 0.708. The Morgan fingerprint density at radius 2 is 2.20 bits per heavy atom. The summed E-state index contributed by atoms with van der Waals surface area (Å²) in [5.74, 6) is 0.448. The molecular weight excluding hydrogens is 190 g/mol. The van der Waals surface area contributed by atoms with E-state index in [0.29, 0.717) is 16.9 Å². The molecule has 0 saturated heterocycles. The molecule has 0 radical (unpaired) electrons. The molecule has 0 bridgehead atoms. The van der Waals surface area contributed by atoms with Crippen LogP contribution in [0.15, 0.2) is 12.1 Å². The van der Waals surface area contributed by atoms with Crippen LogP contribution >= 0.6 is 0 Å². The Morgan fingerprint density at radius 1 is 1.53 bits per heavy atom. The van der Waals surface area contributed by atoms with Crippen LogP contribution in [0.2, 0.25) is 0 Å². The van der Waals surface area contributed by atoms with E-state index in [1.165, 1.54) is 14.0 Å². The zero-order valence-corrected chi connectivity index (χ0v) is 9.13. The van der Waals surface area contributed by atoms with Crippen molar-refractivity contribution in [2.45, 2.75) is 20.3 Å². The first-order valence-electron chi connectivity index (χ1n) is 4.76. The highest BCUT2D eigenvalue weighted by molar-refractivity contribution is 5.97. The summed E-state index contributed by atoms with van der Waals surface area (Å²) in [6.07, 6.45) is 0.747. The van der Waals surface area contributed by atoms with E-state index < -0.39 is 0 Å². The number of ketones is 1. The van der Waals surface area contributed by atoms with Crippen molar-refractivity contribution in [2.24, 2.45) is 0 Å². The molecule has 0 atom stereocenters. The maximum atomic E-state index is 11.3. The normalized spacial score (nSPS) is 9.47. The molecule has 0 spiro atoms. The van der Waals surface area contributed by atoms with Gasteiger partial charge in [-0.1, -0.05) is 6.92 Å². The van der Waals surface area contributed by atoms with E-state index in [1.807, 2.05) is 6.92 Å². The van der Waals surface area contributed by atoms with Crippen molar-refractivity contribution in [1.82, 2.24) is 0 Å². The molecule has 3 heteroatoms. The summed E-state index contributed by atoms with van der Waals surface area (Å²) < 4.78 is 5.12. The van der Waals surface area contributed by atoms with E-state index in [4.69, 9.17) is 10.00 Å². The monoisotopic (exact) mass is 203 g/mol. The lowest BCUT2D eigenvalue weighted by Crippen LogP contribution is -2.01. The fourth-order valence-corrected chi connectivity index (χ4v) is 1.46. The van der Waals surface area contributed by atoms with Gasteiger partial charge in [-0.25, -0.2) is 0 Å². The summed E-state index contributed by atoms with van der Waals surface area (Å²) in [6, 6.07) is 5.44. The molecule has 0 aliphatic carbocycles. The van der Waals surface area contributed by atoms with Gasteiger partial charge in [-0.2, -0.15) is 5.26 Å². The number of rotatable bonds is 3. The van der Waals surface area contributed by atoms with Crippen molar-refractivity contribution in [3.05, 3.63) is 28.8 Å². The molecule has 78 valence electrons. The molecule has 0 fully saturated rings. The average molecular weight is 203 g/mol. The molecule has 0 N–H and O–H groups in total. The van der Waals surface area contributed by atoms with Crippen molar-refractivity contribution in [3.8, 4) is 11.8 Å². The van der Waals surface area contributed by atoms with Gasteiger partial charge in [-0.05, 0) is 31.0 Å². The first kappa shape index (κ1) is 11.3. The second-order valence-corrected chi connectivity index (χ2v) is 3.23. The highest BCUT2D eigenvalue weighted by Gasteiger charge is 2.12. The molecular formula is C12H13NO2. The molecule has 0 heterocycles. The van der Waals surface area contributed by atoms with Gasteiger partial charge in [0.05, 0.1) is 24.3 Å². The SMILES string of the molecule is CCc1cc(OC)c(C(C)=O)cc1C#N. The summed E-state index contributed by atoms with van der Waals surface area (Å²) in [7, 11) is 1.52. The zero-order chi connectivity index (χ0) is 11.4. The van der Waals surface area contributed by atoms with E-state index in [1.54, 1.807) is 12.1 Å². The van der Waals surface area contributed by atoms with Gasteiger partial charge in [0, 0.05) is 0 Å². The van der Waals surface area contributed by atoms with Crippen LogP contribution in [-0.4, -0.2) is 12.9 Å². The van der Waals surface area contributed by atoms with Crippen LogP contribution in [0.5, 0.6) is 5.75 Å². The second kappa shape index (κ2) is 4.61. The van der Waals surface area contributed by atoms with Crippen LogP contribution in [0, 0.1) is 11.3 Å². The van der Waals surface area contributed by atoms with Gasteiger partial charge in [0.1, 0.15) is 5.75 Å². The minimum Gasteiger partial charge on any atom is -0.496 e. The summed E-state index contributed by atoms with van der Waals surface area (Å²) >= 11 is 0. The van der Waals surface area contributed by atoms with Gasteiger partial charge in [0.25, 0.3) is 0 Å².